The molecule has 0 radical (unpaired) electrons. The molecule has 0 saturated carbocycles. The summed E-state index contributed by atoms with van der Waals surface area (Å²) < 4.78 is 0. The van der Waals surface area contributed by atoms with E-state index < -0.39 is 0 Å². The van der Waals surface area contributed by atoms with Gasteiger partial charge in [-0.2, -0.15) is 0 Å². The lowest BCUT2D eigenvalue weighted by molar-refractivity contribution is -0.121. The molecule has 5 heteroatoms. The minimum absolute atomic E-state index is 0.0151. The van der Waals surface area contributed by atoms with Crippen LogP contribution < -0.4 is 11.1 Å². The fraction of sp³-hybridized carbons (Fsp3) is 0.368. The van der Waals surface area contributed by atoms with Crippen LogP contribution in [0.25, 0.3) is 0 Å². The third-order valence-corrected chi connectivity index (χ3v) is 4.40. The van der Waals surface area contributed by atoms with Gasteiger partial charge >= 0.3 is 0 Å². The van der Waals surface area contributed by atoms with Gasteiger partial charge in [-0.1, -0.05) is 36.4 Å². The van der Waals surface area contributed by atoms with Gasteiger partial charge in [-0.05, 0) is 31.0 Å². The average Bonchev–Trinajstić information content (AvgIpc) is 2.58. The zero-order valence-electron chi connectivity index (χ0n) is 13.8. The van der Waals surface area contributed by atoms with Gasteiger partial charge < -0.3 is 11.1 Å². The minimum Gasteiger partial charge on any atom is -0.383 e. The number of carbonyl (C=O) groups excluding carboxylic acids is 1. The van der Waals surface area contributed by atoms with Crippen LogP contribution in [-0.2, 0) is 17.8 Å². The molecule has 24 heavy (non-hydrogen) atoms. The van der Waals surface area contributed by atoms with Gasteiger partial charge in [0.15, 0.2) is 0 Å². The van der Waals surface area contributed by atoms with Gasteiger partial charge in [0.05, 0.1) is 6.42 Å². The van der Waals surface area contributed by atoms with Crippen LogP contribution in [0.1, 0.15) is 24.0 Å². The molecule has 1 aliphatic heterocycles. The number of nitrogen functional groups attached to an aromatic ring is 1. The SMILES string of the molecule is Nc1ncccc1CC(=O)NC1CCCN(Cc2ccccc2)C1. The normalized spacial score (nSPS) is 18.2. The number of rotatable bonds is 5. The van der Waals surface area contributed by atoms with E-state index >= 15 is 0 Å². The van der Waals surface area contributed by atoms with Crippen LogP contribution in [0, 0.1) is 0 Å². The van der Waals surface area contributed by atoms with Crippen LogP contribution >= 0.6 is 0 Å². The number of likely N-dealkylation sites (tertiary alicyclic amines) is 1. The Kier molecular flexibility index (Phi) is 5.43. The lowest BCUT2D eigenvalue weighted by Gasteiger charge is -2.33. The maximum Gasteiger partial charge on any atom is 0.224 e. The van der Waals surface area contributed by atoms with Crippen molar-refractivity contribution in [1.82, 2.24) is 15.2 Å². The highest BCUT2D eigenvalue weighted by molar-refractivity contribution is 5.80. The number of benzene rings is 1. The first kappa shape index (κ1) is 16.5. The van der Waals surface area contributed by atoms with Gasteiger partial charge in [0.25, 0.3) is 0 Å². The molecule has 1 aromatic heterocycles. The van der Waals surface area contributed by atoms with Crippen LogP contribution in [0.5, 0.6) is 0 Å². The second-order valence-electron chi connectivity index (χ2n) is 6.35. The first-order valence-electron chi connectivity index (χ1n) is 8.46. The van der Waals surface area contributed by atoms with Crippen molar-refractivity contribution in [3.8, 4) is 0 Å². The fourth-order valence-electron chi connectivity index (χ4n) is 3.21. The maximum absolute atomic E-state index is 12.3. The third-order valence-electron chi connectivity index (χ3n) is 4.40. The van der Waals surface area contributed by atoms with E-state index in [0.29, 0.717) is 5.82 Å². The second-order valence-corrected chi connectivity index (χ2v) is 6.35. The summed E-state index contributed by atoms with van der Waals surface area (Å²) in [7, 11) is 0. The molecule has 1 fully saturated rings. The van der Waals surface area contributed by atoms with Crippen molar-refractivity contribution >= 4 is 11.7 Å². The Morgan fingerprint density at radius 3 is 2.88 bits per heavy atom. The van der Waals surface area contributed by atoms with Crippen LogP contribution in [0.4, 0.5) is 5.82 Å². The number of aromatic nitrogens is 1. The van der Waals surface area contributed by atoms with Crippen molar-refractivity contribution in [3.63, 3.8) is 0 Å². The number of anilines is 1. The van der Waals surface area contributed by atoms with E-state index in [0.717, 1.165) is 38.0 Å². The first-order valence-corrected chi connectivity index (χ1v) is 8.46. The van der Waals surface area contributed by atoms with E-state index in [-0.39, 0.29) is 18.4 Å². The van der Waals surface area contributed by atoms with E-state index in [1.807, 2.05) is 12.1 Å². The van der Waals surface area contributed by atoms with Gasteiger partial charge in [0.2, 0.25) is 5.91 Å². The van der Waals surface area contributed by atoms with Gasteiger partial charge in [0, 0.05) is 30.9 Å². The number of amides is 1. The number of nitrogens with one attached hydrogen (secondary N) is 1. The molecule has 2 heterocycles. The number of pyridine rings is 1. The van der Waals surface area contributed by atoms with Gasteiger partial charge in [-0.25, -0.2) is 4.98 Å². The molecule has 5 nitrogen and oxygen atoms in total. The van der Waals surface area contributed by atoms with Crippen molar-refractivity contribution in [2.75, 3.05) is 18.8 Å². The molecule has 1 aliphatic rings. The molecule has 1 saturated heterocycles. The molecule has 3 rings (SSSR count). The molecule has 0 spiro atoms. The Bertz CT molecular complexity index is 674. The molecule has 0 aliphatic carbocycles. The predicted molar refractivity (Wildman–Crippen MR) is 95.2 cm³/mol. The maximum atomic E-state index is 12.3. The Labute approximate surface area is 142 Å². The summed E-state index contributed by atoms with van der Waals surface area (Å²) in [5.74, 6) is 0.447. The van der Waals surface area contributed by atoms with Crippen molar-refractivity contribution in [2.45, 2.75) is 31.8 Å². The van der Waals surface area contributed by atoms with Gasteiger partial charge in [-0.3, -0.25) is 9.69 Å². The van der Waals surface area contributed by atoms with Gasteiger partial charge in [0.1, 0.15) is 5.82 Å². The van der Waals surface area contributed by atoms with Crippen molar-refractivity contribution < 1.29 is 4.79 Å². The highest BCUT2D eigenvalue weighted by atomic mass is 16.1. The summed E-state index contributed by atoms with van der Waals surface area (Å²) in [4.78, 5) is 18.7. The highest BCUT2D eigenvalue weighted by Crippen LogP contribution is 2.14. The number of nitrogens with zero attached hydrogens (tertiary/aromatic N) is 2. The van der Waals surface area contributed by atoms with Gasteiger partial charge in [-0.15, -0.1) is 0 Å². The average molecular weight is 324 g/mol. The third kappa shape index (κ3) is 4.55. The number of piperidine rings is 1. The quantitative estimate of drug-likeness (QED) is 0.882. The van der Waals surface area contributed by atoms with E-state index in [1.54, 1.807) is 12.3 Å². The summed E-state index contributed by atoms with van der Waals surface area (Å²) in [6.45, 7) is 2.91. The molecule has 2 aromatic rings. The zero-order valence-corrected chi connectivity index (χ0v) is 13.8. The number of carbonyl (C=O) groups is 1. The molecule has 1 atom stereocenters. The van der Waals surface area contributed by atoms with E-state index in [4.69, 9.17) is 5.73 Å². The zero-order chi connectivity index (χ0) is 16.8. The van der Waals surface area contributed by atoms with Crippen LogP contribution in [0.3, 0.4) is 0 Å². The van der Waals surface area contributed by atoms with E-state index in [2.05, 4.69) is 39.5 Å². The molecule has 3 N–H and O–H groups in total. The van der Waals surface area contributed by atoms with Crippen LogP contribution in [0.2, 0.25) is 0 Å². The number of hydrogen-bond acceptors (Lipinski definition) is 4. The Hall–Kier alpha value is -2.40. The van der Waals surface area contributed by atoms with Crippen molar-refractivity contribution in [3.05, 3.63) is 59.8 Å². The Morgan fingerprint density at radius 2 is 2.08 bits per heavy atom. The lowest BCUT2D eigenvalue weighted by Crippen LogP contribution is -2.47. The Morgan fingerprint density at radius 1 is 1.25 bits per heavy atom. The monoisotopic (exact) mass is 324 g/mol. The number of hydrogen-bond donors (Lipinski definition) is 2. The minimum atomic E-state index is 0.0151. The van der Waals surface area contributed by atoms with Crippen molar-refractivity contribution in [2.24, 2.45) is 0 Å². The summed E-state index contributed by atoms with van der Waals surface area (Å²) in [5.41, 5.74) is 7.91. The summed E-state index contributed by atoms with van der Waals surface area (Å²) in [6.07, 6.45) is 4.06. The molecular formula is C19H24N4O. The first-order chi connectivity index (χ1) is 11.7. The van der Waals surface area contributed by atoms with E-state index in [9.17, 15) is 4.79 Å². The summed E-state index contributed by atoms with van der Waals surface area (Å²) in [5, 5.41) is 3.15. The molecule has 1 aromatic carbocycles. The molecular weight excluding hydrogens is 300 g/mol. The van der Waals surface area contributed by atoms with E-state index in [1.165, 1.54) is 5.56 Å². The number of nitrogens with two attached hydrogens (primary N) is 1. The standard InChI is InChI=1S/C19H24N4O/c20-19-16(8-4-10-21-19)12-18(24)22-17-9-5-11-23(14-17)13-15-6-2-1-3-7-15/h1-4,6-8,10,17H,5,9,11-14H2,(H2,20,21)(H,22,24). The fourth-order valence-corrected chi connectivity index (χ4v) is 3.21. The van der Waals surface area contributed by atoms with Crippen LogP contribution in [0.15, 0.2) is 48.7 Å². The smallest absolute Gasteiger partial charge is 0.224 e. The molecule has 0 bridgehead atoms. The summed E-state index contributed by atoms with van der Waals surface area (Å²) in [6, 6.07) is 14.3. The van der Waals surface area contributed by atoms with Crippen LogP contribution in [-0.4, -0.2) is 34.9 Å². The Balaban J connectivity index is 1.51. The summed E-state index contributed by atoms with van der Waals surface area (Å²) >= 11 is 0. The highest BCUT2D eigenvalue weighted by Gasteiger charge is 2.21. The molecule has 1 amide bonds. The molecule has 126 valence electrons. The van der Waals surface area contributed by atoms with Crippen molar-refractivity contribution in [1.29, 1.82) is 0 Å². The topological polar surface area (TPSA) is 71.2 Å². The second kappa shape index (κ2) is 7.93. The predicted octanol–water partition coefficient (Wildman–Crippen LogP) is 1.99. The largest absolute Gasteiger partial charge is 0.383 e. The molecule has 1 unspecified atom stereocenters. The lowest BCUT2D eigenvalue weighted by atomic mass is 10.0.